The summed E-state index contributed by atoms with van der Waals surface area (Å²) in [6, 6.07) is 3.77. The van der Waals surface area contributed by atoms with Crippen LogP contribution in [0.2, 0.25) is 0 Å². The first kappa shape index (κ1) is 12.4. The van der Waals surface area contributed by atoms with Crippen LogP contribution in [0.1, 0.15) is 34.3 Å². The third-order valence-corrected chi connectivity index (χ3v) is 3.10. The van der Waals surface area contributed by atoms with Crippen LogP contribution >= 0.6 is 0 Å². The molecule has 3 nitrogen and oxygen atoms in total. The Morgan fingerprint density at radius 3 is 2.67 bits per heavy atom. The van der Waals surface area contributed by atoms with Gasteiger partial charge in [0.2, 0.25) is 0 Å². The molecule has 0 unspecified atom stereocenters. The monoisotopic (exact) mass is 241 g/mol. The summed E-state index contributed by atoms with van der Waals surface area (Å²) in [5, 5.41) is 0. The number of fused-ring (bicyclic) bond motifs is 1. The second-order valence-electron chi connectivity index (χ2n) is 4.57. The Labute approximate surface area is 107 Å². The molecule has 1 aromatic rings. The van der Waals surface area contributed by atoms with Crippen LogP contribution in [-0.2, 0) is 4.79 Å². The van der Waals surface area contributed by atoms with Crippen molar-refractivity contribution in [3.05, 3.63) is 28.8 Å². The van der Waals surface area contributed by atoms with Gasteiger partial charge in [-0.2, -0.15) is 0 Å². The third kappa shape index (κ3) is 1.91. The summed E-state index contributed by atoms with van der Waals surface area (Å²) in [6.45, 7) is 4.35. The second-order valence-corrected chi connectivity index (χ2v) is 4.57. The molecule has 0 aliphatic carbocycles. The Morgan fingerprint density at radius 1 is 1.28 bits per heavy atom. The third-order valence-electron chi connectivity index (χ3n) is 3.10. The number of benzene rings is 1. The molecule has 3 heteroatoms. The number of hydrogen-bond acceptors (Lipinski definition) is 2. The second kappa shape index (κ2) is 4.66. The molecule has 18 heavy (non-hydrogen) atoms. The average molecular weight is 241 g/mol. The molecule has 0 atom stereocenters. The van der Waals surface area contributed by atoms with Crippen molar-refractivity contribution in [3.8, 4) is 12.3 Å². The van der Waals surface area contributed by atoms with Crippen molar-refractivity contribution in [2.24, 2.45) is 0 Å². The molecule has 1 aliphatic heterocycles. The largest absolute Gasteiger partial charge is 0.304 e. The summed E-state index contributed by atoms with van der Waals surface area (Å²) in [5.41, 5.74) is 3.24. The fraction of sp³-hybridized carbons (Fsp3) is 0.333. The van der Waals surface area contributed by atoms with Gasteiger partial charge >= 0.3 is 0 Å². The number of rotatable bonds is 3. The van der Waals surface area contributed by atoms with Crippen molar-refractivity contribution in [3.63, 3.8) is 0 Å². The summed E-state index contributed by atoms with van der Waals surface area (Å²) >= 11 is 0. The standard InChI is InChI=1S/C15H15NO2/c1-4-5-6-7-16-13-11(3)8-10(2)9-12(13)14(17)15(16)18/h1,8-9H,5-7H2,2-3H3. The summed E-state index contributed by atoms with van der Waals surface area (Å²) in [6.07, 6.45) is 6.52. The Hall–Kier alpha value is -2.08. The molecule has 0 radical (unpaired) electrons. The summed E-state index contributed by atoms with van der Waals surface area (Å²) in [7, 11) is 0. The average Bonchev–Trinajstić information content (AvgIpc) is 2.55. The molecule has 0 fully saturated rings. The van der Waals surface area contributed by atoms with E-state index in [4.69, 9.17) is 6.42 Å². The van der Waals surface area contributed by atoms with Gasteiger partial charge in [0.25, 0.3) is 11.7 Å². The van der Waals surface area contributed by atoms with Gasteiger partial charge in [0.1, 0.15) is 0 Å². The minimum atomic E-state index is -0.435. The van der Waals surface area contributed by atoms with Crippen LogP contribution in [0.3, 0.4) is 0 Å². The van der Waals surface area contributed by atoms with Crippen molar-refractivity contribution in [2.45, 2.75) is 26.7 Å². The van der Waals surface area contributed by atoms with E-state index in [1.54, 1.807) is 11.0 Å². The number of Topliss-reactive ketones (excluding diaryl/α,β-unsaturated/α-hetero) is 1. The minimum Gasteiger partial charge on any atom is -0.304 e. The number of terminal acetylenes is 1. The van der Waals surface area contributed by atoms with Crippen molar-refractivity contribution in [1.29, 1.82) is 0 Å². The van der Waals surface area contributed by atoms with Crippen LogP contribution in [0.25, 0.3) is 0 Å². The zero-order valence-corrected chi connectivity index (χ0v) is 10.6. The number of unbranched alkanes of at least 4 members (excludes halogenated alkanes) is 1. The lowest BCUT2D eigenvalue weighted by Crippen LogP contribution is -2.30. The maximum atomic E-state index is 11.9. The fourth-order valence-electron chi connectivity index (χ4n) is 2.38. The maximum Gasteiger partial charge on any atom is 0.299 e. The fourth-order valence-corrected chi connectivity index (χ4v) is 2.38. The first-order valence-corrected chi connectivity index (χ1v) is 5.97. The van der Waals surface area contributed by atoms with E-state index >= 15 is 0 Å². The lowest BCUT2D eigenvalue weighted by atomic mass is 10.0. The van der Waals surface area contributed by atoms with E-state index in [0.29, 0.717) is 24.9 Å². The Balaban J connectivity index is 2.39. The molecule has 1 aromatic carbocycles. The molecule has 0 aromatic heterocycles. The van der Waals surface area contributed by atoms with Gasteiger partial charge in [0.05, 0.1) is 11.3 Å². The Bertz CT molecular complexity index is 567. The number of nitrogens with zero attached hydrogens (tertiary/aromatic N) is 1. The van der Waals surface area contributed by atoms with Crippen molar-refractivity contribution < 1.29 is 9.59 Å². The number of carbonyl (C=O) groups excluding carboxylic acids is 2. The van der Waals surface area contributed by atoms with E-state index in [0.717, 1.165) is 16.8 Å². The topological polar surface area (TPSA) is 37.4 Å². The highest BCUT2D eigenvalue weighted by molar-refractivity contribution is 6.52. The van der Waals surface area contributed by atoms with Crippen LogP contribution < -0.4 is 4.90 Å². The van der Waals surface area contributed by atoms with Gasteiger partial charge in [-0.3, -0.25) is 9.59 Å². The number of ketones is 1. The van der Waals surface area contributed by atoms with Crippen LogP contribution in [0, 0.1) is 26.2 Å². The summed E-state index contributed by atoms with van der Waals surface area (Å²) in [5.74, 6) is 1.70. The van der Waals surface area contributed by atoms with E-state index in [1.807, 2.05) is 19.9 Å². The van der Waals surface area contributed by atoms with E-state index < -0.39 is 11.7 Å². The minimum absolute atomic E-state index is 0.405. The van der Waals surface area contributed by atoms with Gasteiger partial charge in [0.15, 0.2) is 0 Å². The van der Waals surface area contributed by atoms with Crippen molar-refractivity contribution in [1.82, 2.24) is 0 Å². The van der Waals surface area contributed by atoms with E-state index in [-0.39, 0.29) is 0 Å². The molecular weight excluding hydrogens is 226 g/mol. The summed E-state index contributed by atoms with van der Waals surface area (Å²) < 4.78 is 0. The van der Waals surface area contributed by atoms with Gasteiger partial charge in [-0.25, -0.2) is 0 Å². The molecule has 0 N–H and O–H groups in total. The lowest BCUT2D eigenvalue weighted by Gasteiger charge is -2.18. The molecule has 1 heterocycles. The van der Waals surface area contributed by atoms with Gasteiger partial charge in [-0.05, 0) is 37.5 Å². The van der Waals surface area contributed by atoms with E-state index in [9.17, 15) is 9.59 Å². The zero-order valence-electron chi connectivity index (χ0n) is 10.6. The normalized spacial score (nSPS) is 13.7. The number of carbonyl (C=O) groups is 2. The van der Waals surface area contributed by atoms with Gasteiger partial charge in [-0.1, -0.05) is 6.07 Å². The van der Waals surface area contributed by atoms with E-state index in [1.165, 1.54) is 0 Å². The van der Waals surface area contributed by atoms with Crippen LogP contribution in [0.4, 0.5) is 5.69 Å². The first-order valence-electron chi connectivity index (χ1n) is 5.97. The maximum absolute atomic E-state index is 11.9. The molecule has 0 saturated carbocycles. The SMILES string of the molecule is C#CCCCN1C(=O)C(=O)c2cc(C)cc(C)c21. The zero-order chi connectivity index (χ0) is 13.3. The molecule has 0 saturated heterocycles. The predicted molar refractivity (Wildman–Crippen MR) is 70.7 cm³/mol. The Morgan fingerprint density at radius 2 is 2.00 bits per heavy atom. The molecule has 1 amide bonds. The van der Waals surface area contributed by atoms with Crippen LogP contribution in [0.5, 0.6) is 0 Å². The first-order chi connectivity index (χ1) is 8.56. The van der Waals surface area contributed by atoms with Crippen LogP contribution in [0.15, 0.2) is 12.1 Å². The quantitative estimate of drug-likeness (QED) is 0.462. The van der Waals surface area contributed by atoms with E-state index in [2.05, 4.69) is 5.92 Å². The van der Waals surface area contributed by atoms with Crippen LogP contribution in [-0.4, -0.2) is 18.2 Å². The smallest absolute Gasteiger partial charge is 0.299 e. The highest BCUT2D eigenvalue weighted by Gasteiger charge is 2.36. The molecule has 1 aliphatic rings. The Kier molecular flexibility index (Phi) is 3.20. The number of hydrogen-bond donors (Lipinski definition) is 0. The molecule has 2 rings (SSSR count). The number of anilines is 1. The number of amides is 1. The van der Waals surface area contributed by atoms with Crippen molar-refractivity contribution in [2.75, 3.05) is 11.4 Å². The highest BCUT2D eigenvalue weighted by Crippen LogP contribution is 2.33. The molecular formula is C15H15NO2. The van der Waals surface area contributed by atoms with Gasteiger partial charge < -0.3 is 4.90 Å². The van der Waals surface area contributed by atoms with Gasteiger partial charge in [-0.15, -0.1) is 12.3 Å². The van der Waals surface area contributed by atoms with Crippen molar-refractivity contribution >= 4 is 17.4 Å². The molecule has 0 spiro atoms. The molecule has 0 bridgehead atoms. The number of aryl methyl sites for hydroxylation is 2. The molecule has 92 valence electrons. The lowest BCUT2D eigenvalue weighted by molar-refractivity contribution is -0.114. The predicted octanol–water partition coefficient (Wildman–Crippen LogP) is 2.25. The van der Waals surface area contributed by atoms with Gasteiger partial charge in [0, 0.05) is 13.0 Å². The summed E-state index contributed by atoms with van der Waals surface area (Å²) in [4.78, 5) is 25.4. The highest BCUT2D eigenvalue weighted by atomic mass is 16.2.